The Labute approximate surface area is 177 Å². The molecule has 2 amide bonds. The molecular weight excluding hydrogens is 380 g/mol. The standard InChI is InChI=1S/C24H28N2O4/c1-16(2)18-9-11-21(12-10-18)25-22(27)15-30-24(29)20-13-23(28)26(14-20)17(3)19-7-5-4-6-8-19/h4-12,16-17,20H,13-15H2,1-3H3,(H,25,27)/t17-,20+/m0/s1. The fraction of sp³-hybridized carbons (Fsp3) is 0.375. The molecule has 1 saturated heterocycles. The van der Waals surface area contributed by atoms with Gasteiger partial charge in [0, 0.05) is 18.7 Å². The average Bonchev–Trinajstić information content (AvgIpc) is 3.14. The van der Waals surface area contributed by atoms with Crippen LogP contribution in [0.5, 0.6) is 0 Å². The lowest BCUT2D eigenvalue weighted by molar-refractivity contribution is -0.151. The normalized spacial score (nSPS) is 17.1. The van der Waals surface area contributed by atoms with Crippen LogP contribution in [0.3, 0.4) is 0 Å². The van der Waals surface area contributed by atoms with E-state index in [1.54, 1.807) is 4.90 Å². The van der Waals surface area contributed by atoms with Crippen molar-refractivity contribution in [2.45, 2.75) is 39.2 Å². The number of carbonyl (C=O) groups excluding carboxylic acids is 3. The fourth-order valence-electron chi connectivity index (χ4n) is 3.58. The molecule has 1 N–H and O–H groups in total. The molecule has 0 aliphatic carbocycles. The van der Waals surface area contributed by atoms with Crippen molar-refractivity contribution in [2.75, 3.05) is 18.5 Å². The van der Waals surface area contributed by atoms with E-state index in [1.807, 2.05) is 61.5 Å². The highest BCUT2D eigenvalue weighted by molar-refractivity contribution is 5.93. The van der Waals surface area contributed by atoms with E-state index in [0.717, 1.165) is 5.56 Å². The van der Waals surface area contributed by atoms with E-state index in [-0.39, 0.29) is 25.0 Å². The van der Waals surface area contributed by atoms with Crippen molar-refractivity contribution in [1.29, 1.82) is 0 Å². The highest BCUT2D eigenvalue weighted by Gasteiger charge is 2.38. The summed E-state index contributed by atoms with van der Waals surface area (Å²) in [6, 6.07) is 17.1. The number of amides is 2. The van der Waals surface area contributed by atoms with Gasteiger partial charge >= 0.3 is 5.97 Å². The lowest BCUT2D eigenvalue weighted by atomic mass is 10.0. The summed E-state index contributed by atoms with van der Waals surface area (Å²) in [5.41, 5.74) is 2.85. The molecule has 1 aliphatic heterocycles. The molecule has 158 valence electrons. The third-order valence-electron chi connectivity index (χ3n) is 5.45. The molecule has 2 atom stereocenters. The number of likely N-dealkylation sites (tertiary alicyclic amines) is 1. The molecule has 30 heavy (non-hydrogen) atoms. The molecule has 0 saturated carbocycles. The van der Waals surface area contributed by atoms with Gasteiger partial charge in [-0.15, -0.1) is 0 Å². The van der Waals surface area contributed by atoms with Crippen molar-refractivity contribution in [3.63, 3.8) is 0 Å². The van der Waals surface area contributed by atoms with E-state index in [0.29, 0.717) is 18.2 Å². The summed E-state index contributed by atoms with van der Waals surface area (Å²) in [7, 11) is 0. The number of rotatable bonds is 7. The van der Waals surface area contributed by atoms with Crippen LogP contribution in [0.25, 0.3) is 0 Å². The lowest BCUT2D eigenvalue weighted by Gasteiger charge is -2.25. The minimum absolute atomic E-state index is 0.0806. The Hall–Kier alpha value is -3.15. The zero-order valence-corrected chi connectivity index (χ0v) is 17.6. The van der Waals surface area contributed by atoms with E-state index < -0.39 is 17.8 Å². The number of carbonyl (C=O) groups is 3. The highest BCUT2D eigenvalue weighted by Crippen LogP contribution is 2.29. The Morgan fingerprint density at radius 1 is 1.03 bits per heavy atom. The van der Waals surface area contributed by atoms with Crippen LogP contribution in [0.2, 0.25) is 0 Å². The Kier molecular flexibility index (Phi) is 6.87. The monoisotopic (exact) mass is 408 g/mol. The van der Waals surface area contributed by atoms with Gasteiger partial charge in [0.05, 0.1) is 12.0 Å². The molecule has 0 spiro atoms. The average molecular weight is 408 g/mol. The number of esters is 1. The molecule has 1 heterocycles. The highest BCUT2D eigenvalue weighted by atomic mass is 16.5. The summed E-state index contributed by atoms with van der Waals surface area (Å²) in [6.45, 7) is 6.07. The summed E-state index contributed by atoms with van der Waals surface area (Å²) < 4.78 is 5.17. The largest absolute Gasteiger partial charge is 0.455 e. The van der Waals surface area contributed by atoms with Crippen molar-refractivity contribution >= 4 is 23.5 Å². The van der Waals surface area contributed by atoms with E-state index in [4.69, 9.17) is 4.74 Å². The number of nitrogens with one attached hydrogen (secondary N) is 1. The minimum Gasteiger partial charge on any atom is -0.455 e. The fourth-order valence-corrected chi connectivity index (χ4v) is 3.58. The van der Waals surface area contributed by atoms with Crippen LogP contribution in [0.15, 0.2) is 54.6 Å². The second kappa shape index (κ2) is 9.57. The number of nitrogens with zero attached hydrogens (tertiary/aromatic N) is 1. The van der Waals surface area contributed by atoms with E-state index in [1.165, 1.54) is 5.56 Å². The van der Waals surface area contributed by atoms with Gasteiger partial charge in [-0.1, -0.05) is 56.3 Å². The van der Waals surface area contributed by atoms with Gasteiger partial charge in [-0.25, -0.2) is 0 Å². The zero-order valence-electron chi connectivity index (χ0n) is 17.6. The topological polar surface area (TPSA) is 75.7 Å². The van der Waals surface area contributed by atoms with E-state index in [2.05, 4.69) is 19.2 Å². The summed E-state index contributed by atoms with van der Waals surface area (Å²) in [4.78, 5) is 38.6. The van der Waals surface area contributed by atoms with Crippen molar-refractivity contribution in [3.8, 4) is 0 Å². The quantitative estimate of drug-likeness (QED) is 0.705. The van der Waals surface area contributed by atoms with Crippen LogP contribution in [0, 0.1) is 5.92 Å². The smallest absolute Gasteiger partial charge is 0.311 e. The van der Waals surface area contributed by atoms with Gasteiger partial charge in [0.25, 0.3) is 5.91 Å². The van der Waals surface area contributed by atoms with Gasteiger partial charge in [0.1, 0.15) is 0 Å². The Balaban J connectivity index is 1.49. The van der Waals surface area contributed by atoms with Crippen LogP contribution < -0.4 is 5.32 Å². The summed E-state index contributed by atoms with van der Waals surface area (Å²) >= 11 is 0. The molecule has 0 radical (unpaired) electrons. The summed E-state index contributed by atoms with van der Waals surface area (Å²) in [6.07, 6.45) is 0.105. The van der Waals surface area contributed by atoms with Crippen molar-refractivity contribution in [3.05, 3.63) is 65.7 Å². The number of ether oxygens (including phenoxy) is 1. The molecule has 6 heteroatoms. The van der Waals surface area contributed by atoms with Gasteiger partial charge < -0.3 is 15.0 Å². The summed E-state index contributed by atoms with van der Waals surface area (Å²) in [5, 5.41) is 2.72. The third kappa shape index (κ3) is 5.26. The molecule has 3 rings (SSSR count). The van der Waals surface area contributed by atoms with Crippen LogP contribution >= 0.6 is 0 Å². The molecule has 1 aliphatic rings. The molecule has 2 aromatic rings. The maximum Gasteiger partial charge on any atom is 0.311 e. The molecule has 2 aromatic carbocycles. The third-order valence-corrected chi connectivity index (χ3v) is 5.45. The zero-order chi connectivity index (χ0) is 21.7. The van der Waals surface area contributed by atoms with Crippen LogP contribution in [0.1, 0.15) is 50.3 Å². The predicted octanol–water partition coefficient (Wildman–Crippen LogP) is 3.90. The van der Waals surface area contributed by atoms with Crippen LogP contribution in [-0.4, -0.2) is 35.8 Å². The van der Waals surface area contributed by atoms with Gasteiger partial charge in [-0.2, -0.15) is 0 Å². The van der Waals surface area contributed by atoms with Crippen LogP contribution in [-0.2, 0) is 19.1 Å². The lowest BCUT2D eigenvalue weighted by Crippen LogP contribution is -2.30. The number of hydrogen-bond donors (Lipinski definition) is 1. The Morgan fingerprint density at radius 3 is 2.33 bits per heavy atom. The molecule has 1 fully saturated rings. The number of hydrogen-bond acceptors (Lipinski definition) is 4. The first-order valence-corrected chi connectivity index (χ1v) is 10.3. The summed E-state index contributed by atoms with van der Waals surface area (Å²) in [5.74, 6) is -1.14. The molecule has 6 nitrogen and oxygen atoms in total. The second-order valence-electron chi connectivity index (χ2n) is 7.97. The van der Waals surface area contributed by atoms with Gasteiger partial charge in [0.15, 0.2) is 6.61 Å². The van der Waals surface area contributed by atoms with Crippen molar-refractivity contribution in [1.82, 2.24) is 4.90 Å². The predicted molar refractivity (Wildman–Crippen MR) is 115 cm³/mol. The van der Waals surface area contributed by atoms with Gasteiger partial charge in [-0.3, -0.25) is 14.4 Å². The first-order chi connectivity index (χ1) is 14.3. The number of benzene rings is 2. The van der Waals surface area contributed by atoms with E-state index >= 15 is 0 Å². The maximum atomic E-state index is 12.4. The Morgan fingerprint density at radius 2 is 1.70 bits per heavy atom. The van der Waals surface area contributed by atoms with Gasteiger partial charge in [0.2, 0.25) is 5.91 Å². The van der Waals surface area contributed by atoms with Crippen molar-refractivity contribution in [2.24, 2.45) is 5.92 Å². The SMILES string of the molecule is CC(C)c1ccc(NC(=O)COC(=O)[C@@H]2CC(=O)N([C@@H](C)c3ccccc3)C2)cc1. The van der Waals surface area contributed by atoms with E-state index in [9.17, 15) is 14.4 Å². The maximum absolute atomic E-state index is 12.4. The van der Waals surface area contributed by atoms with Gasteiger partial charge in [-0.05, 0) is 36.1 Å². The first kappa shape index (κ1) is 21.6. The molecular formula is C24H28N2O4. The Bertz CT molecular complexity index is 893. The second-order valence-corrected chi connectivity index (χ2v) is 7.97. The number of anilines is 1. The van der Waals surface area contributed by atoms with Crippen LogP contribution in [0.4, 0.5) is 5.69 Å². The molecule has 0 bridgehead atoms. The minimum atomic E-state index is -0.554. The molecule has 0 aromatic heterocycles. The molecule has 0 unspecified atom stereocenters. The first-order valence-electron chi connectivity index (χ1n) is 10.3. The van der Waals surface area contributed by atoms with Crippen molar-refractivity contribution < 1.29 is 19.1 Å².